The second-order valence-corrected chi connectivity index (χ2v) is 14.7. The molecule has 3 aromatic rings. The fourth-order valence-electron chi connectivity index (χ4n) is 2.76. The highest BCUT2D eigenvalue weighted by molar-refractivity contribution is 7.13. The van der Waals surface area contributed by atoms with Gasteiger partial charge in [-0.05, 0) is 49.3 Å². The summed E-state index contributed by atoms with van der Waals surface area (Å²) in [6.07, 6.45) is 0. The zero-order chi connectivity index (χ0) is 22.1. The molecule has 0 saturated heterocycles. The summed E-state index contributed by atoms with van der Waals surface area (Å²) < 4.78 is 6.35. The summed E-state index contributed by atoms with van der Waals surface area (Å²) in [5.74, 6) is 0. The maximum absolute atomic E-state index is 9.23. The lowest BCUT2D eigenvalue weighted by Crippen LogP contribution is -2.40. The lowest BCUT2D eigenvalue weighted by atomic mass is 10.1. The molecule has 2 heterocycles. The van der Waals surface area contributed by atoms with Crippen molar-refractivity contribution >= 4 is 25.3 Å². The lowest BCUT2D eigenvalue weighted by Gasteiger charge is -2.36. The van der Waals surface area contributed by atoms with Gasteiger partial charge in [0, 0.05) is 27.9 Å². The third-order valence-electron chi connectivity index (χ3n) is 5.61. The maximum atomic E-state index is 9.23. The number of aryl methyl sites for hydroxylation is 1. The van der Waals surface area contributed by atoms with Gasteiger partial charge in [-0.15, -0.1) is 11.3 Å². The van der Waals surface area contributed by atoms with Crippen LogP contribution in [0.25, 0.3) is 21.8 Å². The molecule has 2 N–H and O–H groups in total. The number of benzene rings is 1. The molecular weight excluding hydrogens is 408 g/mol. The van der Waals surface area contributed by atoms with Crippen molar-refractivity contribution in [2.75, 3.05) is 5.73 Å². The average Bonchev–Trinajstić information content (AvgIpc) is 3.16. The summed E-state index contributed by atoms with van der Waals surface area (Å²) in [6.45, 7) is 13.7. The first-order valence-electron chi connectivity index (χ1n) is 9.87. The zero-order valence-corrected chi connectivity index (χ0v) is 20.2. The topological polar surface area (TPSA) is 84.8 Å². The third-order valence-corrected chi connectivity index (χ3v) is 11.0. The summed E-state index contributed by atoms with van der Waals surface area (Å²) in [6, 6.07) is 11.7. The van der Waals surface area contributed by atoms with Crippen molar-refractivity contribution in [3.63, 3.8) is 0 Å². The standard InChI is InChI=1S/C23H28N4OSSi/c1-15-9-17(11-19(26-15)13-28-30(5,6)23(2,3)4)22-27-21(14-29-22)16-7-8-20(25)18(10-16)12-24/h7-11,14H,13,25H2,1-6H3. The molecule has 156 valence electrons. The first-order chi connectivity index (χ1) is 14.0. The van der Waals surface area contributed by atoms with E-state index in [9.17, 15) is 5.26 Å². The molecule has 7 heteroatoms. The minimum atomic E-state index is -1.85. The van der Waals surface area contributed by atoms with Crippen LogP contribution in [0.2, 0.25) is 18.1 Å². The molecule has 0 aliphatic rings. The number of nitriles is 1. The van der Waals surface area contributed by atoms with Gasteiger partial charge < -0.3 is 10.2 Å². The highest BCUT2D eigenvalue weighted by Crippen LogP contribution is 2.37. The molecule has 3 rings (SSSR count). The summed E-state index contributed by atoms with van der Waals surface area (Å²) in [4.78, 5) is 9.46. The number of nitrogens with two attached hydrogens (primary N) is 1. The first-order valence-corrected chi connectivity index (χ1v) is 13.7. The van der Waals surface area contributed by atoms with Crippen LogP contribution in [-0.2, 0) is 11.0 Å². The number of anilines is 1. The highest BCUT2D eigenvalue weighted by Gasteiger charge is 2.37. The number of hydrogen-bond donors (Lipinski definition) is 1. The van der Waals surface area contributed by atoms with E-state index in [0.717, 1.165) is 33.2 Å². The van der Waals surface area contributed by atoms with Crippen molar-refractivity contribution in [3.05, 3.63) is 52.7 Å². The normalized spacial score (nSPS) is 12.0. The Morgan fingerprint density at radius 1 is 1.13 bits per heavy atom. The molecular formula is C23H28N4OSSi. The number of rotatable bonds is 5. The molecule has 0 aliphatic carbocycles. The first kappa shape index (κ1) is 22.2. The minimum absolute atomic E-state index is 0.158. The molecule has 0 aliphatic heterocycles. The summed E-state index contributed by atoms with van der Waals surface area (Å²) >= 11 is 1.58. The van der Waals surface area contributed by atoms with Gasteiger partial charge in [0.05, 0.1) is 23.6 Å². The van der Waals surface area contributed by atoms with Crippen molar-refractivity contribution < 1.29 is 4.43 Å². The highest BCUT2D eigenvalue weighted by atomic mass is 32.1. The van der Waals surface area contributed by atoms with Crippen LogP contribution in [-0.4, -0.2) is 18.3 Å². The van der Waals surface area contributed by atoms with Crippen LogP contribution in [0.4, 0.5) is 5.69 Å². The molecule has 5 nitrogen and oxygen atoms in total. The Morgan fingerprint density at radius 3 is 2.53 bits per heavy atom. The molecule has 0 spiro atoms. The molecule has 0 bridgehead atoms. The van der Waals surface area contributed by atoms with Gasteiger partial charge >= 0.3 is 0 Å². The molecule has 0 unspecified atom stereocenters. The van der Waals surface area contributed by atoms with Gasteiger partial charge in [0.15, 0.2) is 8.32 Å². The average molecular weight is 437 g/mol. The Labute approximate surface area is 183 Å². The van der Waals surface area contributed by atoms with Gasteiger partial charge in [-0.1, -0.05) is 26.8 Å². The van der Waals surface area contributed by atoms with Gasteiger partial charge in [-0.25, -0.2) is 4.98 Å². The second kappa shape index (κ2) is 8.30. The Bertz CT molecular complexity index is 1110. The predicted molar refractivity (Wildman–Crippen MR) is 127 cm³/mol. The van der Waals surface area contributed by atoms with E-state index in [4.69, 9.17) is 15.1 Å². The summed E-state index contributed by atoms with van der Waals surface area (Å²) in [7, 11) is -1.85. The van der Waals surface area contributed by atoms with Crippen molar-refractivity contribution in [1.29, 1.82) is 5.26 Å². The molecule has 30 heavy (non-hydrogen) atoms. The fourth-order valence-corrected chi connectivity index (χ4v) is 4.52. The number of nitrogen functional groups attached to an aromatic ring is 1. The number of aromatic nitrogens is 2. The van der Waals surface area contributed by atoms with Crippen LogP contribution < -0.4 is 5.73 Å². The molecule has 0 radical (unpaired) electrons. The number of thiazole rings is 1. The van der Waals surface area contributed by atoms with Crippen LogP contribution in [0.5, 0.6) is 0 Å². The monoisotopic (exact) mass is 436 g/mol. The van der Waals surface area contributed by atoms with Crippen molar-refractivity contribution in [3.8, 4) is 27.9 Å². The van der Waals surface area contributed by atoms with Gasteiger partial charge in [-0.3, -0.25) is 4.98 Å². The smallest absolute Gasteiger partial charge is 0.192 e. The maximum Gasteiger partial charge on any atom is 0.192 e. The number of pyridine rings is 1. The molecule has 1 aromatic carbocycles. The lowest BCUT2D eigenvalue weighted by molar-refractivity contribution is 0.272. The fraction of sp³-hybridized carbons (Fsp3) is 0.348. The van der Waals surface area contributed by atoms with Crippen LogP contribution >= 0.6 is 11.3 Å². The van der Waals surface area contributed by atoms with E-state index in [-0.39, 0.29) is 5.04 Å². The Hall–Kier alpha value is -2.53. The molecule has 0 amide bonds. The van der Waals surface area contributed by atoms with Crippen molar-refractivity contribution in [2.24, 2.45) is 0 Å². The predicted octanol–water partition coefficient (Wildman–Crippen LogP) is 6.16. The van der Waals surface area contributed by atoms with E-state index < -0.39 is 8.32 Å². The van der Waals surface area contributed by atoms with Gasteiger partial charge in [0.25, 0.3) is 0 Å². The second-order valence-electron chi connectivity index (χ2n) is 8.99. The molecule has 0 atom stereocenters. The van der Waals surface area contributed by atoms with Gasteiger partial charge in [-0.2, -0.15) is 5.26 Å². The molecule has 0 fully saturated rings. The van der Waals surface area contributed by atoms with Crippen LogP contribution in [0, 0.1) is 18.3 Å². The minimum Gasteiger partial charge on any atom is -0.411 e. The van der Waals surface area contributed by atoms with Gasteiger partial charge in [0.1, 0.15) is 11.1 Å². The SMILES string of the molecule is Cc1cc(-c2nc(-c3ccc(N)c(C#N)c3)cs2)cc(CO[Si](C)(C)C(C)(C)C)n1. The van der Waals surface area contributed by atoms with Gasteiger partial charge in [0.2, 0.25) is 0 Å². The van der Waals surface area contributed by atoms with Crippen LogP contribution in [0.15, 0.2) is 35.7 Å². The summed E-state index contributed by atoms with van der Waals surface area (Å²) in [5, 5.41) is 12.3. The molecule has 0 saturated carbocycles. The number of nitrogens with zero attached hydrogens (tertiary/aromatic N) is 3. The van der Waals surface area contributed by atoms with E-state index >= 15 is 0 Å². The molecule has 2 aromatic heterocycles. The van der Waals surface area contributed by atoms with Crippen LogP contribution in [0.1, 0.15) is 37.7 Å². The largest absolute Gasteiger partial charge is 0.411 e. The van der Waals surface area contributed by atoms with Crippen molar-refractivity contribution in [2.45, 2.75) is 52.4 Å². The number of hydrogen-bond acceptors (Lipinski definition) is 6. The van der Waals surface area contributed by atoms with Crippen LogP contribution in [0.3, 0.4) is 0 Å². The Balaban J connectivity index is 1.87. The quantitative estimate of drug-likeness (QED) is 0.382. The van der Waals surface area contributed by atoms with E-state index in [1.54, 1.807) is 23.5 Å². The van der Waals surface area contributed by atoms with E-state index in [1.165, 1.54) is 0 Å². The van der Waals surface area contributed by atoms with Crippen molar-refractivity contribution in [1.82, 2.24) is 9.97 Å². The third kappa shape index (κ3) is 4.78. The van der Waals surface area contributed by atoms with E-state index in [1.807, 2.05) is 24.4 Å². The Kier molecular flexibility index (Phi) is 6.13. The summed E-state index contributed by atoms with van der Waals surface area (Å²) in [5.41, 5.74) is 11.4. The van der Waals surface area contributed by atoms with E-state index in [2.05, 4.69) is 51.0 Å². The Morgan fingerprint density at radius 2 is 1.87 bits per heavy atom. The van der Waals surface area contributed by atoms with E-state index in [0.29, 0.717) is 17.9 Å². The zero-order valence-electron chi connectivity index (χ0n) is 18.4.